The Labute approximate surface area is 142 Å². The van der Waals surface area contributed by atoms with Gasteiger partial charge >= 0.3 is 0 Å². The van der Waals surface area contributed by atoms with E-state index >= 15 is 0 Å². The van der Waals surface area contributed by atoms with Gasteiger partial charge in [-0.25, -0.2) is 21.9 Å². The Morgan fingerprint density at radius 2 is 1.96 bits per heavy atom. The highest BCUT2D eigenvalue weighted by Crippen LogP contribution is 2.24. The summed E-state index contributed by atoms with van der Waals surface area (Å²) >= 11 is 1.62. The smallest absolute Gasteiger partial charge is 0.246 e. The third kappa shape index (κ3) is 3.33. The fraction of sp³-hybridized carbons (Fsp3) is 0.267. The van der Waals surface area contributed by atoms with E-state index in [9.17, 15) is 22.0 Å². The predicted octanol–water partition coefficient (Wildman–Crippen LogP) is 1.89. The molecular weight excluding hydrogens is 358 g/mol. The monoisotopic (exact) mass is 372 g/mol. The van der Waals surface area contributed by atoms with Crippen LogP contribution in [0.4, 0.5) is 8.78 Å². The number of hydrogen-bond donors (Lipinski definition) is 1. The van der Waals surface area contributed by atoms with Crippen LogP contribution in [0.1, 0.15) is 10.4 Å². The summed E-state index contributed by atoms with van der Waals surface area (Å²) in [5.74, 6) is -2.83. The number of sulfonamides is 1. The molecule has 0 unspecified atom stereocenters. The number of halogens is 2. The van der Waals surface area contributed by atoms with Crippen LogP contribution < -0.4 is 4.72 Å². The molecule has 2 aromatic rings. The van der Waals surface area contributed by atoms with Crippen LogP contribution in [0.5, 0.6) is 0 Å². The normalized spacial score (nSPS) is 14.5. The van der Waals surface area contributed by atoms with E-state index in [0.29, 0.717) is 19.5 Å². The van der Waals surface area contributed by atoms with E-state index in [1.807, 2.05) is 16.2 Å². The van der Waals surface area contributed by atoms with Gasteiger partial charge in [0.1, 0.15) is 11.6 Å². The zero-order valence-corrected chi connectivity index (χ0v) is 14.1. The quantitative estimate of drug-likeness (QED) is 0.891. The van der Waals surface area contributed by atoms with Gasteiger partial charge in [-0.3, -0.25) is 4.79 Å². The van der Waals surface area contributed by atoms with Gasteiger partial charge in [-0.05, 0) is 35.6 Å². The summed E-state index contributed by atoms with van der Waals surface area (Å²) in [7, 11) is -4.45. The van der Waals surface area contributed by atoms with Crippen LogP contribution in [0.3, 0.4) is 0 Å². The van der Waals surface area contributed by atoms with Crippen molar-refractivity contribution in [1.82, 2.24) is 9.62 Å². The third-order valence-corrected chi connectivity index (χ3v) is 6.24. The van der Waals surface area contributed by atoms with Crippen LogP contribution in [0.25, 0.3) is 0 Å². The van der Waals surface area contributed by atoms with Crippen LogP contribution in [-0.2, 0) is 27.8 Å². The molecule has 1 N–H and O–H groups in total. The lowest BCUT2D eigenvalue weighted by atomic mass is 10.1. The largest absolute Gasteiger partial charge is 0.337 e. The lowest BCUT2D eigenvalue weighted by molar-refractivity contribution is -0.130. The maximum Gasteiger partial charge on any atom is 0.246 e. The minimum Gasteiger partial charge on any atom is -0.337 e. The molecule has 1 aromatic carbocycles. The number of carbonyl (C=O) groups excluding carboxylic acids is 1. The molecule has 1 aliphatic rings. The van der Waals surface area contributed by atoms with E-state index in [0.717, 1.165) is 23.8 Å². The average Bonchev–Trinajstić information content (AvgIpc) is 2.99. The van der Waals surface area contributed by atoms with Gasteiger partial charge in [0, 0.05) is 18.0 Å². The van der Waals surface area contributed by atoms with Crippen LogP contribution in [-0.4, -0.2) is 32.3 Å². The summed E-state index contributed by atoms with van der Waals surface area (Å²) in [6, 6.07) is 4.70. The van der Waals surface area contributed by atoms with Gasteiger partial charge in [0.15, 0.2) is 4.90 Å². The highest BCUT2D eigenvalue weighted by atomic mass is 32.2. The van der Waals surface area contributed by atoms with E-state index in [1.165, 1.54) is 9.78 Å². The molecule has 0 saturated heterocycles. The molecular formula is C15H14F2N2O3S2. The van der Waals surface area contributed by atoms with Gasteiger partial charge in [0.2, 0.25) is 15.9 Å². The lowest BCUT2D eigenvalue weighted by Crippen LogP contribution is -2.42. The van der Waals surface area contributed by atoms with Crippen molar-refractivity contribution in [3.8, 4) is 0 Å². The Kier molecular flexibility index (Phi) is 4.66. The number of thiophene rings is 1. The maximum absolute atomic E-state index is 13.6. The number of carbonyl (C=O) groups is 1. The fourth-order valence-electron chi connectivity index (χ4n) is 2.54. The van der Waals surface area contributed by atoms with Crippen molar-refractivity contribution < 1.29 is 22.0 Å². The first-order chi connectivity index (χ1) is 11.4. The summed E-state index contributed by atoms with van der Waals surface area (Å²) < 4.78 is 53.3. The molecule has 1 amide bonds. The highest BCUT2D eigenvalue weighted by molar-refractivity contribution is 7.89. The molecule has 3 rings (SSSR count). The standard InChI is InChI=1S/C15H14F2N2O3S2/c16-11-2-1-3-12(17)15(11)24(21,22)18-8-14(20)19-6-4-13-10(9-19)5-7-23-13/h1-3,5,7,18H,4,6,8-9H2. The SMILES string of the molecule is O=C(CNS(=O)(=O)c1c(F)cccc1F)N1CCc2sccc2C1. The first kappa shape index (κ1) is 17.0. The fourth-order valence-corrected chi connectivity index (χ4v) is 4.54. The van der Waals surface area contributed by atoms with E-state index in [-0.39, 0.29) is 0 Å². The number of benzene rings is 1. The molecule has 1 aliphatic heterocycles. The minimum atomic E-state index is -4.45. The first-order valence-electron chi connectivity index (χ1n) is 7.15. The zero-order valence-electron chi connectivity index (χ0n) is 12.5. The molecule has 0 spiro atoms. The Hall–Kier alpha value is -1.84. The lowest BCUT2D eigenvalue weighted by Gasteiger charge is -2.27. The van der Waals surface area contributed by atoms with Gasteiger partial charge in [-0.2, -0.15) is 0 Å². The Bertz CT molecular complexity index is 860. The molecule has 5 nitrogen and oxygen atoms in total. The van der Waals surface area contributed by atoms with E-state index in [4.69, 9.17) is 0 Å². The molecule has 0 saturated carbocycles. The van der Waals surface area contributed by atoms with Crippen molar-refractivity contribution in [2.24, 2.45) is 0 Å². The van der Waals surface area contributed by atoms with Crippen molar-refractivity contribution in [3.05, 3.63) is 51.7 Å². The first-order valence-corrected chi connectivity index (χ1v) is 9.51. The van der Waals surface area contributed by atoms with E-state index in [2.05, 4.69) is 0 Å². The van der Waals surface area contributed by atoms with Gasteiger partial charge in [0.05, 0.1) is 6.54 Å². The second-order valence-corrected chi connectivity index (χ2v) is 8.01. The van der Waals surface area contributed by atoms with Gasteiger partial charge in [0.25, 0.3) is 0 Å². The molecule has 0 atom stereocenters. The average molecular weight is 372 g/mol. The number of rotatable bonds is 4. The highest BCUT2D eigenvalue weighted by Gasteiger charge is 2.26. The second kappa shape index (κ2) is 6.58. The molecule has 0 aliphatic carbocycles. The van der Waals surface area contributed by atoms with Crippen molar-refractivity contribution in [3.63, 3.8) is 0 Å². The van der Waals surface area contributed by atoms with Gasteiger partial charge in [-0.15, -0.1) is 11.3 Å². The summed E-state index contributed by atoms with van der Waals surface area (Å²) in [6.07, 6.45) is 0.716. The zero-order chi connectivity index (χ0) is 17.3. The van der Waals surface area contributed by atoms with Crippen LogP contribution in [0.2, 0.25) is 0 Å². The molecule has 0 fully saturated rings. The van der Waals surface area contributed by atoms with Crippen LogP contribution in [0.15, 0.2) is 34.5 Å². The molecule has 9 heteroatoms. The summed E-state index contributed by atoms with van der Waals surface area (Å²) in [5.41, 5.74) is 1.04. The number of amides is 1. The molecule has 1 aromatic heterocycles. The Morgan fingerprint density at radius 3 is 2.67 bits per heavy atom. The molecule has 2 heterocycles. The molecule has 128 valence electrons. The predicted molar refractivity (Wildman–Crippen MR) is 85.0 cm³/mol. The summed E-state index contributed by atoms with van der Waals surface area (Å²) in [5, 5.41) is 1.95. The second-order valence-electron chi connectivity index (χ2n) is 5.31. The van der Waals surface area contributed by atoms with Crippen LogP contribution >= 0.6 is 11.3 Å². The minimum absolute atomic E-state index is 0.410. The maximum atomic E-state index is 13.6. The van der Waals surface area contributed by atoms with Gasteiger partial charge < -0.3 is 4.90 Å². The number of fused-ring (bicyclic) bond motifs is 1. The van der Waals surface area contributed by atoms with Gasteiger partial charge in [-0.1, -0.05) is 6.07 Å². The van der Waals surface area contributed by atoms with Crippen molar-refractivity contribution in [1.29, 1.82) is 0 Å². The van der Waals surface area contributed by atoms with Crippen molar-refractivity contribution in [2.75, 3.05) is 13.1 Å². The summed E-state index contributed by atoms with van der Waals surface area (Å²) in [4.78, 5) is 13.9. The molecule has 24 heavy (non-hydrogen) atoms. The number of nitrogens with one attached hydrogen (secondary N) is 1. The van der Waals surface area contributed by atoms with Crippen molar-refractivity contribution >= 4 is 27.3 Å². The third-order valence-electron chi connectivity index (χ3n) is 3.76. The Morgan fingerprint density at radius 1 is 1.25 bits per heavy atom. The number of nitrogens with zero attached hydrogens (tertiary/aromatic N) is 1. The molecule has 0 bridgehead atoms. The van der Waals surface area contributed by atoms with E-state index < -0.39 is 39.0 Å². The number of hydrogen-bond acceptors (Lipinski definition) is 4. The molecule has 0 radical (unpaired) electrons. The van der Waals surface area contributed by atoms with Crippen LogP contribution in [0, 0.1) is 11.6 Å². The Balaban J connectivity index is 1.68. The summed E-state index contributed by atoms with van der Waals surface area (Å²) in [6.45, 7) is 0.352. The van der Waals surface area contributed by atoms with Crippen molar-refractivity contribution in [2.45, 2.75) is 17.9 Å². The van der Waals surface area contributed by atoms with E-state index in [1.54, 1.807) is 11.3 Å². The topological polar surface area (TPSA) is 66.5 Å².